The molecule has 1 rings (SSSR count). The van der Waals surface area contributed by atoms with Crippen molar-refractivity contribution in [3.63, 3.8) is 0 Å². The van der Waals surface area contributed by atoms with Crippen molar-refractivity contribution < 1.29 is 0 Å². The third-order valence-electron chi connectivity index (χ3n) is 3.78. The van der Waals surface area contributed by atoms with Gasteiger partial charge in [0.05, 0.1) is 0 Å². The second-order valence-electron chi connectivity index (χ2n) is 5.99. The maximum Gasteiger partial charge on any atom is -0.00136 e. The van der Waals surface area contributed by atoms with Gasteiger partial charge in [0.15, 0.2) is 0 Å². The number of hydrogen-bond donors (Lipinski definition) is 1. The first-order valence-electron chi connectivity index (χ1n) is 6.46. The van der Waals surface area contributed by atoms with Gasteiger partial charge >= 0.3 is 0 Å². The van der Waals surface area contributed by atoms with Gasteiger partial charge in [-0.1, -0.05) is 20.8 Å². The van der Waals surface area contributed by atoms with Crippen LogP contribution in [0, 0.1) is 11.3 Å². The summed E-state index contributed by atoms with van der Waals surface area (Å²) in [5.41, 5.74) is 6.20. The first kappa shape index (κ1) is 13.0. The minimum atomic E-state index is 0.584. The van der Waals surface area contributed by atoms with E-state index in [-0.39, 0.29) is 0 Å². The molecule has 0 aromatic rings. The first-order chi connectivity index (χ1) is 7.03. The van der Waals surface area contributed by atoms with Crippen molar-refractivity contribution in [3.05, 3.63) is 0 Å². The van der Waals surface area contributed by atoms with Gasteiger partial charge < -0.3 is 10.6 Å². The van der Waals surface area contributed by atoms with E-state index in [1.54, 1.807) is 0 Å². The van der Waals surface area contributed by atoms with E-state index in [1.165, 1.54) is 45.3 Å². The molecule has 0 aromatic heterocycles. The Bertz CT molecular complexity index is 167. The zero-order valence-electron chi connectivity index (χ0n) is 10.8. The van der Waals surface area contributed by atoms with Gasteiger partial charge in [0, 0.05) is 0 Å². The molecule has 0 aliphatic carbocycles. The lowest BCUT2D eigenvalue weighted by atomic mass is 9.82. The zero-order chi connectivity index (χ0) is 11.3. The molecule has 1 atom stereocenters. The predicted molar refractivity (Wildman–Crippen MR) is 66.9 cm³/mol. The number of nitrogens with two attached hydrogens (primary N) is 1. The maximum atomic E-state index is 5.61. The summed E-state index contributed by atoms with van der Waals surface area (Å²) in [6, 6.07) is 0. The molecule has 0 bridgehead atoms. The van der Waals surface area contributed by atoms with E-state index >= 15 is 0 Å². The summed E-state index contributed by atoms with van der Waals surface area (Å²) in [5, 5.41) is 0. The topological polar surface area (TPSA) is 29.3 Å². The number of rotatable bonds is 5. The minimum Gasteiger partial charge on any atom is -0.330 e. The van der Waals surface area contributed by atoms with Gasteiger partial charge in [0.25, 0.3) is 0 Å². The molecular weight excluding hydrogens is 184 g/mol. The van der Waals surface area contributed by atoms with E-state index in [0.717, 1.165) is 6.54 Å². The van der Waals surface area contributed by atoms with Gasteiger partial charge in [-0.05, 0) is 63.2 Å². The molecule has 2 N–H and O–H groups in total. The molecule has 1 aliphatic rings. The fourth-order valence-corrected chi connectivity index (χ4v) is 2.16. The molecule has 1 saturated heterocycles. The third kappa shape index (κ3) is 4.98. The van der Waals surface area contributed by atoms with Crippen molar-refractivity contribution in [1.82, 2.24) is 4.90 Å². The van der Waals surface area contributed by atoms with Crippen molar-refractivity contribution in [3.8, 4) is 0 Å². The Hall–Kier alpha value is -0.0800. The molecule has 1 heterocycles. The lowest BCUT2D eigenvalue weighted by Gasteiger charge is -2.37. The van der Waals surface area contributed by atoms with Gasteiger partial charge in [0.2, 0.25) is 0 Å². The molecule has 0 amide bonds. The van der Waals surface area contributed by atoms with Crippen LogP contribution in [0.1, 0.15) is 46.5 Å². The van der Waals surface area contributed by atoms with Crippen LogP contribution in [0.2, 0.25) is 0 Å². The summed E-state index contributed by atoms with van der Waals surface area (Å²) in [6.07, 6.45) is 5.33. The van der Waals surface area contributed by atoms with E-state index in [2.05, 4.69) is 25.7 Å². The minimum absolute atomic E-state index is 0.584. The lowest BCUT2D eigenvalue weighted by Crippen LogP contribution is -2.37. The first-order valence-corrected chi connectivity index (χ1v) is 6.46. The van der Waals surface area contributed by atoms with E-state index in [4.69, 9.17) is 5.73 Å². The number of piperidine rings is 1. The number of nitrogens with zero attached hydrogens (tertiary/aromatic N) is 1. The molecule has 2 nitrogen and oxygen atoms in total. The summed E-state index contributed by atoms with van der Waals surface area (Å²) in [5.74, 6) is 0.700. The third-order valence-corrected chi connectivity index (χ3v) is 3.78. The summed E-state index contributed by atoms with van der Waals surface area (Å²) < 4.78 is 0. The Balaban J connectivity index is 2.09. The summed E-state index contributed by atoms with van der Waals surface area (Å²) in [7, 11) is 0. The second-order valence-corrected chi connectivity index (χ2v) is 5.99. The normalized spacial score (nSPS) is 24.0. The molecule has 1 unspecified atom stereocenters. The average Bonchev–Trinajstić information content (AvgIpc) is 2.20. The highest BCUT2D eigenvalue weighted by molar-refractivity contribution is 4.78. The number of likely N-dealkylation sites (tertiary alicyclic amines) is 1. The fraction of sp³-hybridized carbons (Fsp3) is 1.00. The zero-order valence-corrected chi connectivity index (χ0v) is 10.8. The Morgan fingerprint density at radius 1 is 1.27 bits per heavy atom. The van der Waals surface area contributed by atoms with Crippen molar-refractivity contribution in [1.29, 1.82) is 0 Å². The molecular formula is C13H28N2. The van der Waals surface area contributed by atoms with Crippen LogP contribution >= 0.6 is 0 Å². The largest absolute Gasteiger partial charge is 0.330 e. The monoisotopic (exact) mass is 212 g/mol. The summed E-state index contributed by atoms with van der Waals surface area (Å²) in [6.45, 7) is 11.7. The highest BCUT2D eigenvalue weighted by Gasteiger charge is 2.24. The average molecular weight is 212 g/mol. The van der Waals surface area contributed by atoms with Gasteiger partial charge in [-0.25, -0.2) is 0 Å². The quantitative estimate of drug-likeness (QED) is 0.758. The smallest absolute Gasteiger partial charge is 0.00136 e. The van der Waals surface area contributed by atoms with E-state index in [1.807, 2.05) is 0 Å². The van der Waals surface area contributed by atoms with E-state index < -0.39 is 0 Å². The molecule has 0 spiro atoms. The van der Waals surface area contributed by atoms with Crippen LogP contribution in [0.25, 0.3) is 0 Å². The van der Waals surface area contributed by atoms with Gasteiger partial charge in [-0.2, -0.15) is 0 Å². The molecule has 90 valence electrons. The van der Waals surface area contributed by atoms with Crippen molar-refractivity contribution >= 4 is 0 Å². The van der Waals surface area contributed by atoms with Gasteiger partial charge in [-0.3, -0.25) is 0 Å². The Kier molecular flexibility index (Phi) is 5.07. The highest BCUT2D eigenvalue weighted by atomic mass is 15.1. The SMILES string of the molecule is CC(CN)CCCN1CCC(C)(C)CC1. The Labute approximate surface area is 95.2 Å². The predicted octanol–water partition coefficient (Wildman–Crippen LogP) is 2.48. The van der Waals surface area contributed by atoms with Crippen LogP contribution in [0.5, 0.6) is 0 Å². The Morgan fingerprint density at radius 2 is 1.87 bits per heavy atom. The molecule has 0 saturated carbocycles. The van der Waals surface area contributed by atoms with Gasteiger partial charge in [-0.15, -0.1) is 0 Å². The lowest BCUT2D eigenvalue weighted by molar-refractivity contribution is 0.130. The van der Waals surface area contributed by atoms with Crippen molar-refractivity contribution in [2.45, 2.75) is 46.5 Å². The highest BCUT2D eigenvalue weighted by Crippen LogP contribution is 2.29. The van der Waals surface area contributed by atoms with Crippen molar-refractivity contribution in [2.24, 2.45) is 17.1 Å². The molecule has 1 aliphatic heterocycles. The molecule has 1 fully saturated rings. The second kappa shape index (κ2) is 5.86. The van der Waals surface area contributed by atoms with E-state index in [9.17, 15) is 0 Å². The molecule has 15 heavy (non-hydrogen) atoms. The standard InChI is InChI=1S/C13H28N2/c1-12(11-14)5-4-8-15-9-6-13(2,3)7-10-15/h12H,4-11,14H2,1-3H3. The van der Waals surface area contributed by atoms with Crippen LogP contribution in [-0.2, 0) is 0 Å². The molecule has 0 aromatic carbocycles. The van der Waals surface area contributed by atoms with Crippen LogP contribution in [0.4, 0.5) is 0 Å². The Morgan fingerprint density at radius 3 is 2.40 bits per heavy atom. The van der Waals surface area contributed by atoms with Crippen LogP contribution in [0.3, 0.4) is 0 Å². The van der Waals surface area contributed by atoms with Crippen LogP contribution in [0.15, 0.2) is 0 Å². The van der Waals surface area contributed by atoms with Crippen molar-refractivity contribution in [2.75, 3.05) is 26.2 Å². The molecule has 2 heteroatoms. The summed E-state index contributed by atoms with van der Waals surface area (Å²) >= 11 is 0. The van der Waals surface area contributed by atoms with Crippen LogP contribution in [-0.4, -0.2) is 31.1 Å². The maximum absolute atomic E-state index is 5.61. The number of hydrogen-bond acceptors (Lipinski definition) is 2. The molecule has 0 radical (unpaired) electrons. The summed E-state index contributed by atoms with van der Waals surface area (Å²) in [4.78, 5) is 2.62. The fourth-order valence-electron chi connectivity index (χ4n) is 2.16. The van der Waals surface area contributed by atoms with E-state index in [0.29, 0.717) is 11.3 Å². The van der Waals surface area contributed by atoms with Gasteiger partial charge in [0.1, 0.15) is 0 Å². The van der Waals surface area contributed by atoms with Crippen LogP contribution < -0.4 is 5.73 Å².